The molecule has 0 amide bonds. The van der Waals surface area contributed by atoms with E-state index in [0.29, 0.717) is 0 Å². The molecule has 0 saturated heterocycles. The van der Waals surface area contributed by atoms with Gasteiger partial charge in [0.15, 0.2) is 0 Å². The Hall–Kier alpha value is -1.25. The van der Waals surface area contributed by atoms with Crippen LogP contribution in [0.5, 0.6) is 0 Å². The van der Waals surface area contributed by atoms with E-state index >= 15 is 0 Å². The molecule has 3 heterocycles. The Kier molecular flexibility index (Phi) is 8.38. The van der Waals surface area contributed by atoms with Gasteiger partial charge in [-0.25, -0.2) is 0 Å². The van der Waals surface area contributed by atoms with E-state index in [1.807, 2.05) is 12.5 Å². The molecule has 32 heavy (non-hydrogen) atoms. The number of fused-ring (bicyclic) bond motifs is 1. The molecule has 1 radical (unpaired) electrons. The van der Waals surface area contributed by atoms with Gasteiger partial charge < -0.3 is 29.2 Å². The molecule has 1 unspecified atom stereocenters. The normalized spacial score (nSPS) is 16.6. The molecule has 7 rings (SSSR count). The van der Waals surface area contributed by atoms with Gasteiger partial charge in [-0.15, -0.1) is 34.5 Å². The SMILES string of the molecule is CC1=C2c3cocc3C1[Si]2(C)C.Cc1ccc(-c2cccc3[cH-]c(C)cc23)cc1.[Cl-].[Cl-].[Zr+3]. The monoisotopic (exact) mass is 555 g/mol. The van der Waals surface area contributed by atoms with Gasteiger partial charge in [-0.05, 0) is 24.6 Å². The zero-order valence-corrected chi connectivity index (χ0v) is 24.1. The molecule has 0 N–H and O–H groups in total. The number of hydrogen-bond donors (Lipinski definition) is 0. The van der Waals surface area contributed by atoms with Crippen molar-refractivity contribution in [1.82, 2.24) is 0 Å². The van der Waals surface area contributed by atoms with Crippen molar-refractivity contribution < 1.29 is 55.4 Å². The van der Waals surface area contributed by atoms with E-state index in [1.165, 1.54) is 44.2 Å². The third-order valence-electron chi connectivity index (χ3n) is 6.72. The molecule has 2 aliphatic heterocycles. The molecule has 0 fully saturated rings. The number of rotatable bonds is 1. The molecule has 3 aliphatic rings. The number of hydrogen-bond acceptors (Lipinski definition) is 1. The summed E-state index contributed by atoms with van der Waals surface area (Å²) in [5, 5.41) is 4.35. The summed E-state index contributed by atoms with van der Waals surface area (Å²) in [6.07, 6.45) is 3.87. The van der Waals surface area contributed by atoms with Gasteiger partial charge in [0.25, 0.3) is 0 Å². The van der Waals surface area contributed by atoms with Crippen LogP contribution >= 0.6 is 0 Å². The molecule has 163 valence electrons. The third kappa shape index (κ3) is 4.18. The molecular weight excluding hydrogens is 531 g/mol. The van der Waals surface area contributed by atoms with E-state index < -0.39 is 8.07 Å². The minimum absolute atomic E-state index is 0. The summed E-state index contributed by atoms with van der Waals surface area (Å²) in [7, 11) is -1.04. The van der Waals surface area contributed by atoms with Gasteiger partial charge in [0.1, 0.15) is 0 Å². The van der Waals surface area contributed by atoms with Crippen molar-refractivity contribution in [3.05, 3.63) is 95.0 Å². The van der Waals surface area contributed by atoms with Crippen LogP contribution in [0.4, 0.5) is 0 Å². The molecule has 2 bridgehead atoms. The maximum Gasteiger partial charge on any atom is 3.00 e. The summed E-state index contributed by atoms with van der Waals surface area (Å²) < 4.78 is 5.22. The molecule has 0 spiro atoms. The summed E-state index contributed by atoms with van der Waals surface area (Å²) in [5.74, 6) is 0. The molecule has 1 aliphatic carbocycles. The molecule has 0 saturated carbocycles. The smallest absolute Gasteiger partial charge is 1.00 e. The largest absolute Gasteiger partial charge is 3.00 e. The molecule has 3 aromatic carbocycles. The second kappa shape index (κ2) is 9.94. The summed E-state index contributed by atoms with van der Waals surface area (Å²) in [4.78, 5) is 0. The van der Waals surface area contributed by atoms with Gasteiger partial charge in [-0.3, -0.25) is 0 Å². The molecule has 1 nitrogen and oxygen atoms in total. The average molecular weight is 558 g/mol. The Balaban J connectivity index is 0.000000216. The quantitative estimate of drug-likeness (QED) is 0.257. The van der Waals surface area contributed by atoms with Crippen LogP contribution in [0.15, 0.2) is 77.1 Å². The minimum atomic E-state index is -1.04. The van der Waals surface area contributed by atoms with Crippen molar-refractivity contribution in [3.8, 4) is 11.1 Å². The maximum atomic E-state index is 5.22. The van der Waals surface area contributed by atoms with Crippen LogP contribution < -0.4 is 24.8 Å². The van der Waals surface area contributed by atoms with Gasteiger partial charge >= 0.3 is 26.2 Å². The standard InChI is InChI=1S/C17H15.C10H12OSi.2ClH.Zr/c1-12-6-8-14(9-7-12)16-5-3-4-15-10-13(2)11-17(15)16;1-6-9-7-4-11-5-8(7)10(6)12(9,2)3;;;/h3-11H,1-2H3;4-5,9H,1-3H3;2*1H;/q-1;;;;+3/p-2. The fraction of sp³-hybridized carbons (Fsp3) is 0.222. The second-order valence-electron chi connectivity index (χ2n) is 9.16. The first-order chi connectivity index (χ1) is 13.9. The van der Waals surface area contributed by atoms with Gasteiger partial charge in [-0.1, -0.05) is 67.0 Å². The van der Waals surface area contributed by atoms with Crippen molar-refractivity contribution in [3.63, 3.8) is 0 Å². The zero-order chi connectivity index (χ0) is 20.3. The first kappa shape index (κ1) is 27.0. The van der Waals surface area contributed by atoms with E-state index in [-0.39, 0.29) is 51.0 Å². The maximum absolute atomic E-state index is 5.22. The molecule has 1 atom stereocenters. The summed E-state index contributed by atoms with van der Waals surface area (Å²) in [6.45, 7) is 11.5. The predicted molar refractivity (Wildman–Crippen MR) is 126 cm³/mol. The predicted octanol–water partition coefficient (Wildman–Crippen LogP) is 1.80. The number of benzene rings is 2. The first-order valence-electron chi connectivity index (χ1n) is 10.4. The van der Waals surface area contributed by atoms with Crippen LogP contribution in [0, 0.1) is 13.8 Å². The van der Waals surface area contributed by atoms with Crippen LogP contribution in [0.2, 0.25) is 13.1 Å². The van der Waals surface area contributed by atoms with E-state index in [1.54, 1.807) is 10.8 Å². The van der Waals surface area contributed by atoms with Crippen molar-refractivity contribution in [2.24, 2.45) is 0 Å². The molecule has 1 aromatic heterocycles. The summed E-state index contributed by atoms with van der Waals surface area (Å²) in [5.41, 5.74) is 10.6. The summed E-state index contributed by atoms with van der Waals surface area (Å²) in [6, 6.07) is 19.8. The van der Waals surface area contributed by atoms with E-state index in [2.05, 4.69) is 88.5 Å². The van der Waals surface area contributed by atoms with Crippen molar-refractivity contribution >= 4 is 24.0 Å². The topological polar surface area (TPSA) is 13.1 Å². The number of halogens is 2. The zero-order valence-electron chi connectivity index (χ0n) is 19.1. The first-order valence-corrected chi connectivity index (χ1v) is 13.5. The van der Waals surface area contributed by atoms with Crippen LogP contribution in [0.1, 0.15) is 34.7 Å². The van der Waals surface area contributed by atoms with Crippen LogP contribution in [-0.4, -0.2) is 8.07 Å². The van der Waals surface area contributed by atoms with Crippen LogP contribution in [0.3, 0.4) is 0 Å². The van der Waals surface area contributed by atoms with Gasteiger partial charge in [-0.2, -0.15) is 6.07 Å². The Morgan fingerprint density at radius 2 is 1.56 bits per heavy atom. The van der Waals surface area contributed by atoms with E-state index in [9.17, 15) is 0 Å². The molecule has 5 heteroatoms. The van der Waals surface area contributed by atoms with Crippen molar-refractivity contribution in [2.45, 2.75) is 39.4 Å². The number of allylic oxidation sites excluding steroid dienone is 1. The van der Waals surface area contributed by atoms with Gasteiger partial charge in [0.05, 0.1) is 20.6 Å². The van der Waals surface area contributed by atoms with Crippen LogP contribution in [-0.2, 0) is 26.2 Å². The summed E-state index contributed by atoms with van der Waals surface area (Å²) >= 11 is 0. The number of aryl methyl sites for hydroxylation is 2. The third-order valence-corrected chi connectivity index (χ3v) is 10.9. The fourth-order valence-electron chi connectivity index (χ4n) is 5.55. The fourth-order valence-corrected chi connectivity index (χ4v) is 9.89. The van der Waals surface area contributed by atoms with Gasteiger partial charge in [0, 0.05) is 16.7 Å². The van der Waals surface area contributed by atoms with Gasteiger partial charge in [0.2, 0.25) is 0 Å². The van der Waals surface area contributed by atoms with Crippen LogP contribution in [0.25, 0.3) is 27.1 Å². The van der Waals surface area contributed by atoms with Crippen molar-refractivity contribution in [2.75, 3.05) is 0 Å². The minimum Gasteiger partial charge on any atom is -1.00 e. The second-order valence-corrected chi connectivity index (χ2v) is 13.7. The Morgan fingerprint density at radius 1 is 0.875 bits per heavy atom. The van der Waals surface area contributed by atoms with E-state index in [4.69, 9.17) is 4.42 Å². The molecular formula is C27H27Cl2OSiZr. The Bertz CT molecular complexity index is 1260. The average Bonchev–Trinajstić information content (AvgIpc) is 3.38. The Morgan fingerprint density at radius 3 is 2.19 bits per heavy atom. The van der Waals surface area contributed by atoms with E-state index in [0.717, 1.165) is 5.54 Å². The van der Waals surface area contributed by atoms with Crippen molar-refractivity contribution in [1.29, 1.82) is 0 Å². The molecule has 4 aromatic rings. The number of furan rings is 1. The Labute approximate surface area is 223 Å².